The number of aromatic nitrogens is 1. The summed E-state index contributed by atoms with van der Waals surface area (Å²) in [6, 6.07) is 1.98. The first-order chi connectivity index (χ1) is 13.3. The van der Waals surface area contributed by atoms with E-state index in [-0.39, 0.29) is 5.91 Å². The Morgan fingerprint density at radius 2 is 2.04 bits per heavy atom. The van der Waals surface area contributed by atoms with E-state index in [0.717, 1.165) is 47.4 Å². The zero-order chi connectivity index (χ0) is 20.7. The van der Waals surface area contributed by atoms with Gasteiger partial charge >= 0.3 is 0 Å². The van der Waals surface area contributed by atoms with Gasteiger partial charge in [0.2, 0.25) is 5.91 Å². The lowest BCUT2D eigenvalue weighted by molar-refractivity contribution is -0.123. The maximum Gasteiger partial charge on any atom is 0.246 e. The predicted molar refractivity (Wildman–Crippen MR) is 121 cm³/mol. The molecule has 1 aliphatic heterocycles. The molecule has 0 spiro atoms. The maximum atomic E-state index is 11.6. The highest BCUT2D eigenvalue weighted by Gasteiger charge is 2.11. The summed E-state index contributed by atoms with van der Waals surface area (Å²) in [5, 5.41) is 0. The van der Waals surface area contributed by atoms with Crippen LogP contribution in [0.1, 0.15) is 31.5 Å². The van der Waals surface area contributed by atoms with Gasteiger partial charge in [-0.25, -0.2) is 0 Å². The number of allylic oxidation sites excluding steroid dienone is 3. The van der Waals surface area contributed by atoms with Crippen LogP contribution in [0.5, 0.6) is 0 Å². The maximum absolute atomic E-state index is 11.6. The van der Waals surface area contributed by atoms with E-state index in [1.54, 1.807) is 25.1 Å². The lowest BCUT2D eigenvalue weighted by atomic mass is 10.0. The SMILES string of the molecule is CC(C=CC(=O)N(C)C)=CC1=CCN(C/C(C)=C/c2c(Br)ccnc2C)CC1. The average Bonchev–Trinajstić information content (AvgIpc) is 2.64. The van der Waals surface area contributed by atoms with Gasteiger partial charge in [0.1, 0.15) is 0 Å². The summed E-state index contributed by atoms with van der Waals surface area (Å²) in [4.78, 5) is 20.0. The summed E-state index contributed by atoms with van der Waals surface area (Å²) < 4.78 is 1.08. The second-order valence-electron chi connectivity index (χ2n) is 7.50. The number of aryl methyl sites for hydroxylation is 1. The number of hydrogen-bond donors (Lipinski definition) is 0. The molecule has 150 valence electrons. The molecule has 0 saturated carbocycles. The third-order valence-corrected chi connectivity index (χ3v) is 5.36. The minimum absolute atomic E-state index is 0.00861. The Bertz CT molecular complexity index is 814. The molecular formula is C23H30BrN3O. The Kier molecular flexibility index (Phi) is 8.39. The first-order valence-corrected chi connectivity index (χ1v) is 10.3. The molecule has 0 atom stereocenters. The topological polar surface area (TPSA) is 36.4 Å². The highest BCUT2D eigenvalue weighted by Crippen LogP contribution is 2.22. The number of carbonyl (C=O) groups is 1. The summed E-state index contributed by atoms with van der Waals surface area (Å²) >= 11 is 3.62. The molecule has 1 aromatic rings. The minimum Gasteiger partial charge on any atom is -0.345 e. The zero-order valence-electron chi connectivity index (χ0n) is 17.5. The Morgan fingerprint density at radius 1 is 1.29 bits per heavy atom. The molecule has 0 unspecified atom stereocenters. The highest BCUT2D eigenvalue weighted by atomic mass is 79.9. The number of carbonyl (C=O) groups excluding carboxylic acids is 1. The molecule has 0 radical (unpaired) electrons. The van der Waals surface area contributed by atoms with Gasteiger partial charge in [0.05, 0.1) is 0 Å². The van der Waals surface area contributed by atoms with Gasteiger partial charge in [0, 0.05) is 61.7 Å². The van der Waals surface area contributed by atoms with Crippen molar-refractivity contribution in [3.63, 3.8) is 0 Å². The van der Waals surface area contributed by atoms with Crippen LogP contribution < -0.4 is 0 Å². The summed E-state index contributed by atoms with van der Waals surface area (Å²) in [6.45, 7) is 9.17. The van der Waals surface area contributed by atoms with Crippen LogP contribution in [-0.2, 0) is 4.79 Å². The van der Waals surface area contributed by atoms with Crippen molar-refractivity contribution in [2.75, 3.05) is 33.7 Å². The molecule has 0 aliphatic carbocycles. The van der Waals surface area contributed by atoms with Crippen LogP contribution in [-0.4, -0.2) is 54.4 Å². The van der Waals surface area contributed by atoms with Crippen LogP contribution >= 0.6 is 15.9 Å². The van der Waals surface area contributed by atoms with Crippen LogP contribution in [0, 0.1) is 6.92 Å². The third kappa shape index (κ3) is 6.88. The number of likely N-dealkylation sites (N-methyl/N-ethyl adjacent to an activating group) is 1. The Hall–Kier alpha value is -1.98. The minimum atomic E-state index is 0.00861. The van der Waals surface area contributed by atoms with Crippen molar-refractivity contribution in [3.8, 4) is 0 Å². The van der Waals surface area contributed by atoms with E-state index < -0.39 is 0 Å². The van der Waals surface area contributed by atoms with Crippen molar-refractivity contribution in [1.82, 2.24) is 14.8 Å². The van der Waals surface area contributed by atoms with Crippen molar-refractivity contribution in [3.05, 3.63) is 69.0 Å². The van der Waals surface area contributed by atoms with E-state index >= 15 is 0 Å². The van der Waals surface area contributed by atoms with Crippen molar-refractivity contribution in [1.29, 1.82) is 0 Å². The Labute approximate surface area is 177 Å². The molecule has 28 heavy (non-hydrogen) atoms. The molecular weight excluding hydrogens is 414 g/mol. The fourth-order valence-electron chi connectivity index (χ4n) is 3.06. The molecule has 2 heterocycles. The summed E-state index contributed by atoms with van der Waals surface area (Å²) in [5.41, 5.74) is 5.96. The lowest BCUT2D eigenvalue weighted by Crippen LogP contribution is -2.30. The zero-order valence-corrected chi connectivity index (χ0v) is 19.1. The van der Waals surface area contributed by atoms with E-state index in [1.165, 1.54) is 11.1 Å². The van der Waals surface area contributed by atoms with E-state index in [4.69, 9.17) is 0 Å². The van der Waals surface area contributed by atoms with Crippen molar-refractivity contribution >= 4 is 27.9 Å². The number of amides is 1. The third-order valence-electron chi connectivity index (χ3n) is 4.67. The fraction of sp³-hybridized carbons (Fsp3) is 0.391. The highest BCUT2D eigenvalue weighted by molar-refractivity contribution is 9.10. The van der Waals surface area contributed by atoms with Gasteiger partial charge in [-0.3, -0.25) is 14.7 Å². The van der Waals surface area contributed by atoms with Crippen molar-refractivity contribution in [2.24, 2.45) is 0 Å². The largest absolute Gasteiger partial charge is 0.345 e. The number of nitrogens with zero attached hydrogens (tertiary/aromatic N) is 3. The van der Waals surface area contributed by atoms with Gasteiger partial charge in [-0.2, -0.15) is 0 Å². The molecule has 0 fully saturated rings. The van der Waals surface area contributed by atoms with Crippen LogP contribution in [0.4, 0.5) is 0 Å². The Morgan fingerprint density at radius 3 is 2.64 bits per heavy atom. The van der Waals surface area contributed by atoms with Crippen LogP contribution in [0.3, 0.4) is 0 Å². The lowest BCUT2D eigenvalue weighted by Gasteiger charge is -2.26. The van der Waals surface area contributed by atoms with Gasteiger partial charge in [-0.05, 0) is 38.8 Å². The molecule has 0 N–H and O–H groups in total. The van der Waals surface area contributed by atoms with Crippen molar-refractivity contribution in [2.45, 2.75) is 27.2 Å². The van der Waals surface area contributed by atoms with Gasteiger partial charge in [-0.15, -0.1) is 0 Å². The van der Waals surface area contributed by atoms with E-state index in [9.17, 15) is 4.79 Å². The number of halogens is 1. The van der Waals surface area contributed by atoms with Gasteiger partial charge in [0.15, 0.2) is 0 Å². The van der Waals surface area contributed by atoms with Gasteiger partial charge < -0.3 is 4.90 Å². The Balaban J connectivity index is 1.95. The molecule has 0 aromatic carbocycles. The smallest absolute Gasteiger partial charge is 0.246 e. The van der Waals surface area contributed by atoms with E-state index in [2.05, 4.69) is 51.0 Å². The monoisotopic (exact) mass is 443 g/mol. The normalized spacial score (nSPS) is 16.4. The molecule has 1 aromatic heterocycles. The molecule has 4 nitrogen and oxygen atoms in total. The molecule has 0 bridgehead atoms. The molecule has 1 amide bonds. The second kappa shape index (κ2) is 10.5. The van der Waals surface area contributed by atoms with E-state index in [1.807, 2.05) is 32.2 Å². The molecule has 2 rings (SSSR count). The number of rotatable bonds is 6. The standard InChI is InChI=1S/C23H30BrN3O/c1-17(6-7-23(28)26(4)5)14-20-9-12-27(13-10-20)16-18(2)15-21-19(3)25-11-8-22(21)24/h6-9,11,14-15H,10,12-13,16H2,1-5H3/b7-6?,17-14?,18-15+. The molecule has 1 aliphatic rings. The average molecular weight is 444 g/mol. The van der Waals surface area contributed by atoms with E-state index in [0.29, 0.717) is 0 Å². The van der Waals surface area contributed by atoms with Crippen LogP contribution in [0.15, 0.2) is 57.8 Å². The number of pyridine rings is 1. The second-order valence-corrected chi connectivity index (χ2v) is 8.36. The first kappa shape index (κ1) is 22.3. The summed E-state index contributed by atoms with van der Waals surface area (Å²) in [7, 11) is 3.52. The van der Waals surface area contributed by atoms with Gasteiger partial charge in [-0.1, -0.05) is 51.4 Å². The van der Waals surface area contributed by atoms with Crippen LogP contribution in [0.25, 0.3) is 6.08 Å². The summed E-state index contributed by atoms with van der Waals surface area (Å²) in [6.07, 6.45) is 13.0. The fourth-order valence-corrected chi connectivity index (χ4v) is 3.58. The first-order valence-electron chi connectivity index (χ1n) is 9.53. The molecule has 0 saturated heterocycles. The quantitative estimate of drug-likeness (QED) is 0.468. The molecule has 5 heteroatoms. The van der Waals surface area contributed by atoms with Gasteiger partial charge in [0.25, 0.3) is 0 Å². The van der Waals surface area contributed by atoms with Crippen LogP contribution in [0.2, 0.25) is 0 Å². The number of hydrogen-bond acceptors (Lipinski definition) is 3. The predicted octanol–water partition coefficient (Wildman–Crippen LogP) is 4.78. The summed E-state index contributed by atoms with van der Waals surface area (Å²) in [5.74, 6) is 0.00861. The van der Waals surface area contributed by atoms with Crippen molar-refractivity contribution < 1.29 is 4.79 Å².